The lowest BCUT2D eigenvalue weighted by Gasteiger charge is -2.50. The number of fused-ring (bicyclic) bond motifs is 4. The summed E-state index contributed by atoms with van der Waals surface area (Å²) in [7, 11) is 0. The largest absolute Gasteiger partial charge is 0.458 e. The van der Waals surface area contributed by atoms with Crippen LogP contribution >= 0.6 is 0 Å². The van der Waals surface area contributed by atoms with Crippen LogP contribution in [-0.4, -0.2) is 159 Å². The second kappa shape index (κ2) is 19.5. The summed E-state index contributed by atoms with van der Waals surface area (Å²) >= 11 is 0. The van der Waals surface area contributed by atoms with Gasteiger partial charge in [-0.3, -0.25) is 19.2 Å². The van der Waals surface area contributed by atoms with Gasteiger partial charge >= 0.3 is 5.97 Å². The van der Waals surface area contributed by atoms with Crippen molar-refractivity contribution in [2.45, 2.75) is 164 Å². The smallest absolute Gasteiger partial charge is 0.327 e. The molecule has 17 nitrogen and oxygen atoms in total. The molecule has 6 fully saturated rings. The Hall–Kier alpha value is -3.07. The van der Waals surface area contributed by atoms with Crippen molar-refractivity contribution in [1.82, 2.24) is 15.3 Å². The van der Waals surface area contributed by atoms with E-state index in [2.05, 4.69) is 19.2 Å². The monoisotopic (exact) mass is 845 g/mol. The van der Waals surface area contributed by atoms with Crippen LogP contribution < -0.4 is 5.32 Å². The molecule has 1 saturated carbocycles. The van der Waals surface area contributed by atoms with Gasteiger partial charge in [0.1, 0.15) is 60.3 Å². The molecule has 60 heavy (non-hydrogen) atoms. The Bertz CT molecular complexity index is 1650. The molecule has 0 radical (unpaired) electrons. The minimum Gasteiger partial charge on any atom is -0.458 e. The van der Waals surface area contributed by atoms with E-state index >= 15 is 4.79 Å². The number of amides is 2. The van der Waals surface area contributed by atoms with Crippen LogP contribution in [0.1, 0.15) is 95.6 Å². The van der Waals surface area contributed by atoms with Crippen LogP contribution in [0, 0.1) is 5.41 Å². The Kier molecular flexibility index (Phi) is 14.6. The summed E-state index contributed by atoms with van der Waals surface area (Å²) in [5.41, 5.74) is 0.175. The zero-order chi connectivity index (χ0) is 42.6. The van der Waals surface area contributed by atoms with Crippen LogP contribution in [-0.2, 0) is 49.5 Å². The summed E-state index contributed by atoms with van der Waals surface area (Å²) in [4.78, 5) is 51.3. The number of hydroxylamine groups is 2. The maximum Gasteiger partial charge on any atom is 0.327 e. The topological polar surface area (TPSA) is 226 Å². The molecule has 1 aromatic carbocycles. The summed E-state index contributed by atoms with van der Waals surface area (Å²) < 4.78 is 31.1. The van der Waals surface area contributed by atoms with Crippen molar-refractivity contribution in [3.8, 4) is 0 Å². The molecule has 0 aromatic heterocycles. The molecule has 2 bridgehead atoms. The number of benzene rings is 1. The number of unbranched alkanes of at least 4 members (excludes halogenated alkanes) is 4. The number of aliphatic hydroxyl groups is 5. The van der Waals surface area contributed by atoms with Crippen molar-refractivity contribution in [3.63, 3.8) is 0 Å². The summed E-state index contributed by atoms with van der Waals surface area (Å²) in [6.07, 6.45) is 2.07. The zero-order valence-corrected chi connectivity index (χ0v) is 34.6. The van der Waals surface area contributed by atoms with Gasteiger partial charge in [0.25, 0.3) is 0 Å². The Morgan fingerprint density at radius 3 is 2.37 bits per heavy atom. The quantitative estimate of drug-likeness (QED) is 0.0846. The first-order valence-corrected chi connectivity index (χ1v) is 21.9. The minimum atomic E-state index is -1.54. The Morgan fingerprint density at radius 2 is 1.68 bits per heavy atom. The summed E-state index contributed by atoms with van der Waals surface area (Å²) in [6, 6.07) is 5.61. The number of carbonyl (C=O) groups is 3. The normalized spacial score (nSPS) is 35.8. The Balaban J connectivity index is 1.12. The number of nitrogens with zero attached hydrogens (tertiary/aromatic N) is 2. The van der Waals surface area contributed by atoms with Gasteiger partial charge in [-0.05, 0) is 36.8 Å². The van der Waals surface area contributed by atoms with Crippen LogP contribution in [0.15, 0.2) is 30.3 Å². The van der Waals surface area contributed by atoms with Crippen LogP contribution in [0.4, 0.5) is 0 Å². The molecule has 0 spiro atoms. The summed E-state index contributed by atoms with van der Waals surface area (Å²) in [6.45, 7) is 4.04. The van der Waals surface area contributed by atoms with E-state index in [1.54, 1.807) is 22.1 Å². The average Bonchev–Trinajstić information content (AvgIpc) is 3.98. The highest BCUT2D eigenvalue weighted by Crippen LogP contribution is 2.59. The molecular formula is C43H63N3O14. The van der Waals surface area contributed by atoms with Crippen LogP contribution in [0.5, 0.6) is 0 Å². The maximum atomic E-state index is 15.3. The van der Waals surface area contributed by atoms with Crippen molar-refractivity contribution < 1.29 is 68.4 Å². The third-order valence-corrected chi connectivity index (χ3v) is 13.0. The number of nitrogens with one attached hydrogen (secondary N) is 1. The maximum absolute atomic E-state index is 15.3. The van der Waals surface area contributed by atoms with Gasteiger partial charge in [-0.1, -0.05) is 75.9 Å². The molecular weight excluding hydrogens is 782 g/mol. The zero-order valence-electron chi connectivity index (χ0n) is 34.6. The first-order chi connectivity index (χ1) is 29.0. The third kappa shape index (κ3) is 8.78. The number of aliphatic hydroxyl groups excluding tert-OH is 5. The summed E-state index contributed by atoms with van der Waals surface area (Å²) in [5.74, 6) is -2.19. The Labute approximate surface area is 350 Å². The number of likely N-dealkylation sites (tertiary alicyclic amines) is 1. The van der Waals surface area contributed by atoms with Gasteiger partial charge in [0.2, 0.25) is 11.8 Å². The number of esters is 1. The van der Waals surface area contributed by atoms with Crippen molar-refractivity contribution in [3.05, 3.63) is 41.5 Å². The first-order valence-electron chi connectivity index (χ1n) is 21.9. The molecule has 1 aliphatic carbocycles. The molecule has 12 atom stereocenters. The molecule has 17 heteroatoms. The van der Waals surface area contributed by atoms with Gasteiger partial charge in [-0.15, -0.1) is 0 Å². The molecule has 334 valence electrons. The molecule has 5 heterocycles. The van der Waals surface area contributed by atoms with Crippen LogP contribution in [0.2, 0.25) is 0 Å². The number of hydrogen-bond acceptors (Lipinski definition) is 15. The standard InChI is InChI=1S/C43H63N3O14/c1-3-5-7-17-42(18-8-6-4-2)58-34-29-23-43(41(54)45-20-9-12-28(45)38(52)44-19-21-47)36(39(53)56-29)46(60-37(43)35(34)59-42)24-27-15-13-26(14-16-27)11-10-22-55-40-33(51)32(50)31(49)30(25-48)57-40/h10-11,13-16,28-37,40,47-51H,3-9,12,17-25H2,1-2H3,(H,44,52)/t28-,29-,30-,31+,32+,33-,34+,35+,36-,37-,40+,43-/m1/s1. The summed E-state index contributed by atoms with van der Waals surface area (Å²) in [5, 5.41) is 53.4. The van der Waals surface area contributed by atoms with Gasteiger partial charge in [0.15, 0.2) is 18.1 Å². The number of carbonyl (C=O) groups excluding carboxylic acids is 3. The van der Waals surface area contributed by atoms with Crippen LogP contribution in [0.25, 0.3) is 6.08 Å². The van der Waals surface area contributed by atoms with Gasteiger partial charge in [-0.2, -0.15) is 5.06 Å². The van der Waals surface area contributed by atoms with Crippen LogP contribution in [0.3, 0.4) is 0 Å². The molecule has 0 unspecified atom stereocenters. The fraction of sp³-hybridized carbons (Fsp3) is 0.744. The molecule has 6 aliphatic rings. The lowest BCUT2D eigenvalue weighted by molar-refractivity contribution is -0.298. The highest BCUT2D eigenvalue weighted by molar-refractivity contribution is 5.96. The lowest BCUT2D eigenvalue weighted by atomic mass is 9.62. The van der Waals surface area contributed by atoms with Crippen molar-refractivity contribution >= 4 is 23.9 Å². The van der Waals surface area contributed by atoms with Crippen molar-refractivity contribution in [1.29, 1.82) is 0 Å². The van der Waals surface area contributed by atoms with E-state index in [1.165, 1.54) is 0 Å². The number of rotatable bonds is 19. The lowest BCUT2D eigenvalue weighted by Crippen LogP contribution is -2.70. The minimum absolute atomic E-state index is 0.00174. The highest BCUT2D eigenvalue weighted by atomic mass is 16.8. The predicted molar refractivity (Wildman–Crippen MR) is 212 cm³/mol. The van der Waals surface area contributed by atoms with Gasteiger partial charge in [0, 0.05) is 32.4 Å². The predicted octanol–water partition coefficient (Wildman–Crippen LogP) is 1.06. The molecule has 1 aromatic rings. The third-order valence-electron chi connectivity index (χ3n) is 13.0. The average molecular weight is 846 g/mol. The van der Waals surface area contributed by atoms with E-state index in [0.717, 1.165) is 49.7 Å². The number of hydrogen-bond donors (Lipinski definition) is 6. The second-order valence-electron chi connectivity index (χ2n) is 17.1. The fourth-order valence-corrected chi connectivity index (χ4v) is 9.98. The molecule has 7 rings (SSSR count). The van der Waals surface area contributed by atoms with E-state index in [-0.39, 0.29) is 44.5 Å². The molecule has 6 N–H and O–H groups in total. The highest BCUT2D eigenvalue weighted by Gasteiger charge is 2.77. The van der Waals surface area contributed by atoms with Crippen molar-refractivity contribution in [2.75, 3.05) is 32.9 Å². The van der Waals surface area contributed by atoms with Crippen molar-refractivity contribution in [2.24, 2.45) is 5.41 Å². The fourth-order valence-electron chi connectivity index (χ4n) is 9.98. The van der Waals surface area contributed by atoms with E-state index < -0.39 is 91.0 Å². The Morgan fingerprint density at radius 1 is 0.967 bits per heavy atom. The second-order valence-corrected chi connectivity index (χ2v) is 17.1. The van der Waals surface area contributed by atoms with Gasteiger partial charge in [0.05, 0.1) is 26.4 Å². The van der Waals surface area contributed by atoms with Gasteiger partial charge < -0.3 is 59.4 Å². The van der Waals surface area contributed by atoms with E-state index in [0.29, 0.717) is 32.2 Å². The van der Waals surface area contributed by atoms with E-state index in [9.17, 15) is 35.1 Å². The molecule has 5 aliphatic heterocycles. The SMILES string of the molecule is CCCCCC1(CCCCC)O[C@@H]2[C@H](O1)[C@H]1ON(Cc3ccc(C=CCO[C@H]4O[C@H](CO)[C@H](O)[C@H](O)[C@H]4O)cc3)[C@@H]3C(=O)O[C@@H]2C[C@]13C(=O)N1CCC[C@@H]1C(=O)NCCO. The number of ether oxygens (including phenoxy) is 5. The van der Waals surface area contributed by atoms with E-state index in [4.69, 9.17) is 28.5 Å². The molecule has 2 amide bonds. The first kappa shape index (κ1) is 45.0. The molecule has 5 saturated heterocycles. The van der Waals surface area contributed by atoms with E-state index in [1.807, 2.05) is 24.3 Å². The van der Waals surface area contributed by atoms with Gasteiger partial charge in [-0.25, -0.2) is 0 Å².